The van der Waals surface area contributed by atoms with Crippen LogP contribution in [0.2, 0.25) is 0 Å². The summed E-state index contributed by atoms with van der Waals surface area (Å²) in [4.78, 5) is 19.7. The van der Waals surface area contributed by atoms with Crippen molar-refractivity contribution < 1.29 is 9.53 Å². The van der Waals surface area contributed by atoms with Gasteiger partial charge in [-0.15, -0.1) is 0 Å². The fraction of sp³-hybridized carbons (Fsp3) is 0.0833. The van der Waals surface area contributed by atoms with Gasteiger partial charge in [0.25, 0.3) is 5.91 Å². The number of halogens is 1. The third-order valence-electron chi connectivity index (χ3n) is 4.62. The van der Waals surface area contributed by atoms with Crippen molar-refractivity contribution in [3.63, 3.8) is 0 Å². The normalized spacial score (nSPS) is 15.0. The van der Waals surface area contributed by atoms with Gasteiger partial charge in [-0.3, -0.25) is 9.69 Å². The van der Waals surface area contributed by atoms with E-state index in [2.05, 4.69) is 15.9 Å². The van der Waals surface area contributed by atoms with E-state index in [1.54, 1.807) is 18.1 Å². The van der Waals surface area contributed by atoms with E-state index in [4.69, 9.17) is 9.73 Å². The molecule has 3 aromatic carbocycles. The first-order chi connectivity index (χ1) is 14.0. The number of methoxy groups -OCH3 is 1. The molecule has 29 heavy (non-hydrogen) atoms. The number of anilines is 1. The highest BCUT2D eigenvalue weighted by molar-refractivity contribution is 9.10. The van der Waals surface area contributed by atoms with E-state index in [9.17, 15) is 4.79 Å². The molecule has 1 heterocycles. The van der Waals surface area contributed by atoms with Crippen LogP contribution in [0.1, 0.15) is 16.7 Å². The number of nitrogens with zero attached hydrogens (tertiary/aromatic N) is 2. The summed E-state index contributed by atoms with van der Waals surface area (Å²) in [6.45, 7) is 2.01. The molecular weight excluding hydrogens is 428 g/mol. The summed E-state index contributed by atoms with van der Waals surface area (Å²) in [7, 11) is 1.62. The molecular formula is C24H19BrN2O2. The summed E-state index contributed by atoms with van der Waals surface area (Å²) in [6, 6.07) is 23.2. The van der Waals surface area contributed by atoms with E-state index in [-0.39, 0.29) is 5.91 Å². The molecule has 1 aliphatic rings. The predicted octanol–water partition coefficient (Wildman–Crippen LogP) is 5.60. The summed E-state index contributed by atoms with van der Waals surface area (Å²) in [6.07, 6.45) is 1.79. The fourth-order valence-corrected chi connectivity index (χ4v) is 3.47. The van der Waals surface area contributed by atoms with Crippen LogP contribution in [0.15, 0.2) is 88.0 Å². The number of hydrogen-bond donors (Lipinski definition) is 0. The van der Waals surface area contributed by atoms with Crippen molar-refractivity contribution in [2.75, 3.05) is 12.0 Å². The van der Waals surface area contributed by atoms with Gasteiger partial charge < -0.3 is 4.74 Å². The van der Waals surface area contributed by atoms with Crippen LogP contribution in [0.5, 0.6) is 5.75 Å². The zero-order valence-electron chi connectivity index (χ0n) is 16.1. The highest BCUT2D eigenvalue weighted by Crippen LogP contribution is 2.29. The van der Waals surface area contributed by atoms with Gasteiger partial charge in [0.15, 0.2) is 0 Å². The van der Waals surface area contributed by atoms with Crippen molar-refractivity contribution in [2.24, 2.45) is 4.99 Å². The molecule has 4 rings (SSSR count). The van der Waals surface area contributed by atoms with Crippen molar-refractivity contribution in [3.8, 4) is 5.75 Å². The minimum atomic E-state index is -0.156. The number of carbonyl (C=O) groups is 1. The van der Waals surface area contributed by atoms with Gasteiger partial charge in [0.2, 0.25) is 0 Å². The zero-order chi connectivity index (χ0) is 20.4. The average molecular weight is 447 g/mol. The molecule has 0 aromatic heterocycles. The largest absolute Gasteiger partial charge is 0.497 e. The molecule has 0 N–H and O–H groups in total. The Bertz CT molecular complexity index is 1130. The molecule has 4 nitrogen and oxygen atoms in total. The Balaban J connectivity index is 1.82. The van der Waals surface area contributed by atoms with Crippen LogP contribution < -0.4 is 9.64 Å². The molecule has 0 aliphatic carbocycles. The van der Waals surface area contributed by atoms with Crippen LogP contribution >= 0.6 is 15.9 Å². The monoisotopic (exact) mass is 446 g/mol. The number of hydrogen-bond acceptors (Lipinski definition) is 3. The van der Waals surface area contributed by atoms with Crippen molar-refractivity contribution in [2.45, 2.75) is 6.92 Å². The summed E-state index contributed by atoms with van der Waals surface area (Å²) in [5.41, 5.74) is 3.99. The molecule has 0 unspecified atom stereocenters. The van der Waals surface area contributed by atoms with Gasteiger partial charge in [0, 0.05) is 10.0 Å². The minimum Gasteiger partial charge on any atom is -0.497 e. The van der Waals surface area contributed by atoms with Gasteiger partial charge in [-0.2, -0.15) is 0 Å². The molecule has 0 spiro atoms. The standard InChI is InChI=1S/C24H19BrN2O2/c1-16-5-3-7-20(13-16)27-23(18-9-11-19(25)12-10-18)26-22(24(27)28)15-17-6-4-8-21(14-17)29-2/h3-15H,1-2H3/b22-15+. The first-order valence-corrected chi connectivity index (χ1v) is 9.96. The Kier molecular flexibility index (Phi) is 5.32. The molecule has 1 amide bonds. The van der Waals surface area contributed by atoms with Crippen LogP contribution in [-0.4, -0.2) is 18.9 Å². The van der Waals surface area contributed by atoms with E-state index < -0.39 is 0 Å². The average Bonchev–Trinajstić information content (AvgIpc) is 3.05. The van der Waals surface area contributed by atoms with E-state index in [0.29, 0.717) is 11.5 Å². The maximum atomic E-state index is 13.3. The van der Waals surface area contributed by atoms with Gasteiger partial charge >= 0.3 is 0 Å². The fourth-order valence-electron chi connectivity index (χ4n) is 3.21. The van der Waals surface area contributed by atoms with Gasteiger partial charge in [0.1, 0.15) is 17.3 Å². The van der Waals surface area contributed by atoms with Crippen LogP contribution in [0.3, 0.4) is 0 Å². The summed E-state index contributed by atoms with van der Waals surface area (Å²) >= 11 is 3.46. The van der Waals surface area contributed by atoms with Crippen LogP contribution in [0.25, 0.3) is 6.08 Å². The van der Waals surface area contributed by atoms with Crippen molar-refractivity contribution in [1.29, 1.82) is 0 Å². The Morgan fingerprint density at radius 2 is 1.76 bits per heavy atom. The quantitative estimate of drug-likeness (QED) is 0.489. The molecule has 0 atom stereocenters. The molecule has 5 heteroatoms. The lowest BCUT2D eigenvalue weighted by atomic mass is 10.1. The third-order valence-corrected chi connectivity index (χ3v) is 5.15. The molecule has 0 radical (unpaired) electrons. The van der Waals surface area contributed by atoms with Crippen molar-refractivity contribution in [1.82, 2.24) is 0 Å². The second kappa shape index (κ2) is 8.05. The molecule has 1 aliphatic heterocycles. The van der Waals surface area contributed by atoms with E-state index in [1.165, 1.54) is 0 Å². The first kappa shape index (κ1) is 19.2. The summed E-state index contributed by atoms with van der Waals surface area (Å²) in [5.74, 6) is 1.19. The number of aryl methyl sites for hydroxylation is 1. The number of ether oxygens (including phenoxy) is 1. The lowest BCUT2D eigenvalue weighted by molar-refractivity contribution is -0.113. The van der Waals surface area contributed by atoms with E-state index in [1.807, 2.05) is 79.7 Å². The van der Waals surface area contributed by atoms with Crippen LogP contribution in [-0.2, 0) is 4.79 Å². The molecule has 0 saturated heterocycles. The van der Waals surface area contributed by atoms with Gasteiger partial charge in [0.05, 0.1) is 12.8 Å². The van der Waals surface area contributed by atoms with Gasteiger partial charge in [-0.05, 0) is 60.5 Å². The lowest BCUT2D eigenvalue weighted by Gasteiger charge is -2.19. The van der Waals surface area contributed by atoms with E-state index >= 15 is 0 Å². The van der Waals surface area contributed by atoms with E-state index in [0.717, 1.165) is 32.6 Å². The second-order valence-corrected chi connectivity index (χ2v) is 7.64. The summed E-state index contributed by atoms with van der Waals surface area (Å²) < 4.78 is 6.26. The minimum absolute atomic E-state index is 0.156. The highest BCUT2D eigenvalue weighted by Gasteiger charge is 2.32. The number of rotatable bonds is 4. The maximum absolute atomic E-state index is 13.3. The Morgan fingerprint density at radius 3 is 2.48 bits per heavy atom. The molecule has 144 valence electrons. The van der Waals surface area contributed by atoms with Crippen LogP contribution in [0, 0.1) is 6.92 Å². The van der Waals surface area contributed by atoms with Gasteiger partial charge in [-0.25, -0.2) is 4.99 Å². The van der Waals surface area contributed by atoms with Gasteiger partial charge in [-0.1, -0.05) is 52.3 Å². The number of aliphatic imine (C=N–C) groups is 1. The zero-order valence-corrected chi connectivity index (χ0v) is 17.7. The number of amidine groups is 1. The Hall–Kier alpha value is -3.18. The predicted molar refractivity (Wildman–Crippen MR) is 120 cm³/mol. The van der Waals surface area contributed by atoms with Crippen LogP contribution in [0.4, 0.5) is 5.69 Å². The smallest absolute Gasteiger partial charge is 0.282 e. The Labute approximate surface area is 178 Å². The molecule has 3 aromatic rings. The topological polar surface area (TPSA) is 41.9 Å². The Morgan fingerprint density at radius 1 is 1.00 bits per heavy atom. The highest BCUT2D eigenvalue weighted by atomic mass is 79.9. The first-order valence-electron chi connectivity index (χ1n) is 9.16. The summed E-state index contributed by atoms with van der Waals surface area (Å²) in [5, 5.41) is 0. The van der Waals surface area contributed by atoms with Crippen molar-refractivity contribution in [3.05, 3.63) is 99.7 Å². The third kappa shape index (κ3) is 4.00. The second-order valence-electron chi connectivity index (χ2n) is 6.73. The molecule has 0 bridgehead atoms. The SMILES string of the molecule is COc1cccc(/C=C2/N=C(c3ccc(Br)cc3)N(c3cccc(C)c3)C2=O)c1. The molecule has 0 fully saturated rings. The maximum Gasteiger partial charge on any atom is 0.282 e. The lowest BCUT2D eigenvalue weighted by Crippen LogP contribution is -2.32. The number of amides is 1. The number of carbonyl (C=O) groups excluding carboxylic acids is 1. The molecule has 0 saturated carbocycles. The number of benzene rings is 3. The van der Waals surface area contributed by atoms with Crippen molar-refractivity contribution >= 4 is 39.4 Å².